The van der Waals surface area contributed by atoms with Gasteiger partial charge in [0.05, 0.1) is 36.7 Å². The number of ether oxygens (including phenoxy) is 2. The van der Waals surface area contributed by atoms with Gasteiger partial charge in [-0.1, -0.05) is 29.8 Å². The lowest BCUT2D eigenvalue weighted by molar-refractivity contribution is 0.102. The smallest absolute Gasteiger partial charge is 0.256 e. The molecule has 0 bridgehead atoms. The number of carbonyl (C=O) groups is 1. The predicted molar refractivity (Wildman–Crippen MR) is 117 cm³/mol. The number of rotatable bonds is 5. The molecule has 0 spiro atoms. The summed E-state index contributed by atoms with van der Waals surface area (Å²) in [4.78, 5) is 21.8. The molecule has 0 atom stereocenters. The zero-order chi connectivity index (χ0) is 21.1. The maximum Gasteiger partial charge on any atom is 0.256 e. The highest BCUT2D eigenvalue weighted by molar-refractivity contribution is 6.32. The number of halogens is 1. The van der Waals surface area contributed by atoms with E-state index in [2.05, 4.69) is 10.3 Å². The van der Waals surface area contributed by atoms with Crippen molar-refractivity contribution in [2.24, 2.45) is 0 Å². The average molecular weight is 420 g/mol. The van der Waals surface area contributed by atoms with Gasteiger partial charge in [-0.3, -0.25) is 4.79 Å². The van der Waals surface area contributed by atoms with Gasteiger partial charge in [0.2, 0.25) is 0 Å². The van der Waals surface area contributed by atoms with Crippen LogP contribution in [0.5, 0.6) is 11.5 Å². The van der Waals surface area contributed by atoms with Crippen molar-refractivity contribution in [3.63, 3.8) is 0 Å². The summed E-state index contributed by atoms with van der Waals surface area (Å²) in [5, 5.41) is 3.79. The monoisotopic (exact) mass is 419 g/mol. The Morgan fingerprint density at radius 2 is 1.77 bits per heavy atom. The molecule has 4 aromatic rings. The molecule has 30 heavy (non-hydrogen) atoms. The summed E-state index contributed by atoms with van der Waals surface area (Å²) < 4.78 is 10.7. The number of hydrogen-bond acceptors (Lipinski definition) is 5. The molecule has 0 radical (unpaired) electrons. The molecule has 2 aromatic heterocycles. The van der Waals surface area contributed by atoms with E-state index in [4.69, 9.17) is 26.1 Å². The minimum Gasteiger partial charge on any atom is -0.493 e. The number of nitrogens with one attached hydrogen (secondary N) is 1. The number of aromatic nitrogens is 2. The minimum atomic E-state index is -0.301. The van der Waals surface area contributed by atoms with E-state index in [1.807, 2.05) is 36.4 Å². The number of carbonyl (C=O) groups excluding carboxylic acids is 1. The SMILES string of the molecule is COc1ccc(-c2cc(C(=O)Nc3cccnc3Cl)c3ccccc3n2)cc1OC. The number of hydrogen-bond donors (Lipinski definition) is 1. The second-order valence-corrected chi connectivity index (χ2v) is 6.80. The fourth-order valence-corrected chi connectivity index (χ4v) is 3.34. The number of anilines is 1. The first-order valence-electron chi connectivity index (χ1n) is 9.14. The Bertz CT molecular complexity index is 1240. The largest absolute Gasteiger partial charge is 0.493 e. The van der Waals surface area contributed by atoms with Crippen LogP contribution in [0.25, 0.3) is 22.2 Å². The molecular formula is C23H18ClN3O3. The van der Waals surface area contributed by atoms with Gasteiger partial charge in [0.15, 0.2) is 16.7 Å². The fraction of sp³-hybridized carbons (Fsp3) is 0.0870. The first-order chi connectivity index (χ1) is 14.6. The second-order valence-electron chi connectivity index (χ2n) is 6.44. The Balaban J connectivity index is 1.82. The van der Waals surface area contributed by atoms with Gasteiger partial charge in [-0.25, -0.2) is 9.97 Å². The van der Waals surface area contributed by atoms with Gasteiger partial charge in [-0.15, -0.1) is 0 Å². The van der Waals surface area contributed by atoms with Crippen molar-refractivity contribution in [1.82, 2.24) is 9.97 Å². The topological polar surface area (TPSA) is 73.3 Å². The molecule has 0 saturated heterocycles. The highest BCUT2D eigenvalue weighted by atomic mass is 35.5. The van der Waals surface area contributed by atoms with Crippen LogP contribution < -0.4 is 14.8 Å². The number of para-hydroxylation sites is 1. The van der Waals surface area contributed by atoms with Crippen LogP contribution in [0.15, 0.2) is 66.9 Å². The maximum atomic E-state index is 13.1. The van der Waals surface area contributed by atoms with Crippen molar-refractivity contribution < 1.29 is 14.3 Å². The van der Waals surface area contributed by atoms with Crippen molar-refractivity contribution in [3.05, 3.63) is 77.6 Å². The molecule has 0 aliphatic heterocycles. The average Bonchev–Trinajstić information content (AvgIpc) is 2.79. The molecule has 4 rings (SSSR count). The van der Waals surface area contributed by atoms with Gasteiger partial charge < -0.3 is 14.8 Å². The first kappa shape index (κ1) is 19.7. The van der Waals surface area contributed by atoms with Crippen molar-refractivity contribution in [2.45, 2.75) is 0 Å². The van der Waals surface area contributed by atoms with E-state index in [1.165, 1.54) is 0 Å². The molecule has 6 nitrogen and oxygen atoms in total. The molecule has 150 valence electrons. The van der Waals surface area contributed by atoms with Crippen molar-refractivity contribution in [1.29, 1.82) is 0 Å². The zero-order valence-corrected chi connectivity index (χ0v) is 17.1. The van der Waals surface area contributed by atoms with Gasteiger partial charge in [-0.05, 0) is 42.5 Å². The highest BCUT2D eigenvalue weighted by Gasteiger charge is 2.16. The summed E-state index contributed by atoms with van der Waals surface area (Å²) in [7, 11) is 3.16. The Morgan fingerprint density at radius 3 is 2.53 bits per heavy atom. The van der Waals surface area contributed by atoms with E-state index in [9.17, 15) is 4.79 Å². The van der Waals surface area contributed by atoms with E-state index in [1.54, 1.807) is 44.7 Å². The van der Waals surface area contributed by atoms with Crippen molar-refractivity contribution in [3.8, 4) is 22.8 Å². The van der Waals surface area contributed by atoms with Crippen LogP contribution in [0.2, 0.25) is 5.15 Å². The normalized spacial score (nSPS) is 10.6. The third kappa shape index (κ3) is 3.77. The highest BCUT2D eigenvalue weighted by Crippen LogP contribution is 2.33. The number of pyridine rings is 2. The quantitative estimate of drug-likeness (QED) is 0.449. The standard InChI is InChI=1S/C23H18ClN3O3/c1-29-20-10-9-14(12-21(20)30-2)19-13-16(15-6-3-4-7-17(15)26-19)23(28)27-18-8-5-11-25-22(18)24/h3-13H,1-2H3,(H,27,28). The molecule has 0 fully saturated rings. The molecule has 0 unspecified atom stereocenters. The predicted octanol–water partition coefficient (Wildman–Crippen LogP) is 5.22. The molecule has 1 amide bonds. The van der Waals surface area contributed by atoms with Crippen LogP contribution in [0, 0.1) is 0 Å². The van der Waals surface area contributed by atoms with E-state index in [-0.39, 0.29) is 11.1 Å². The second kappa shape index (κ2) is 8.39. The summed E-state index contributed by atoms with van der Waals surface area (Å²) in [6, 6.07) is 18.2. The van der Waals surface area contributed by atoms with Crippen LogP contribution in [-0.2, 0) is 0 Å². The molecule has 0 saturated carbocycles. The molecule has 2 aromatic carbocycles. The van der Waals surface area contributed by atoms with Crippen molar-refractivity contribution in [2.75, 3.05) is 19.5 Å². The van der Waals surface area contributed by atoms with Crippen LogP contribution in [-0.4, -0.2) is 30.1 Å². The maximum absolute atomic E-state index is 13.1. The Kier molecular flexibility index (Phi) is 5.50. The van der Waals surface area contributed by atoms with Gasteiger partial charge >= 0.3 is 0 Å². The summed E-state index contributed by atoms with van der Waals surface area (Å²) >= 11 is 6.10. The first-order valence-corrected chi connectivity index (χ1v) is 9.52. The lowest BCUT2D eigenvalue weighted by Gasteiger charge is -2.13. The fourth-order valence-electron chi connectivity index (χ4n) is 3.18. The van der Waals surface area contributed by atoms with E-state index in [0.717, 1.165) is 10.9 Å². The molecule has 0 aliphatic rings. The van der Waals surface area contributed by atoms with Gasteiger partial charge in [-0.2, -0.15) is 0 Å². The van der Waals surface area contributed by atoms with E-state index in [0.29, 0.717) is 34.0 Å². The molecule has 0 aliphatic carbocycles. The number of nitrogens with zero attached hydrogens (tertiary/aromatic N) is 2. The zero-order valence-electron chi connectivity index (χ0n) is 16.3. The molecule has 1 N–H and O–H groups in total. The van der Waals surface area contributed by atoms with Crippen LogP contribution in [0.3, 0.4) is 0 Å². The van der Waals surface area contributed by atoms with E-state index < -0.39 is 0 Å². The van der Waals surface area contributed by atoms with Gasteiger partial charge in [0.25, 0.3) is 5.91 Å². The summed E-state index contributed by atoms with van der Waals surface area (Å²) in [6.45, 7) is 0. The van der Waals surface area contributed by atoms with Crippen LogP contribution in [0.1, 0.15) is 10.4 Å². The number of benzene rings is 2. The Morgan fingerprint density at radius 1 is 0.967 bits per heavy atom. The lowest BCUT2D eigenvalue weighted by Crippen LogP contribution is -2.13. The Hall–Kier alpha value is -3.64. The summed E-state index contributed by atoms with van der Waals surface area (Å²) in [5.41, 5.74) is 3.05. The lowest BCUT2D eigenvalue weighted by atomic mass is 10.0. The number of fused-ring (bicyclic) bond motifs is 1. The van der Waals surface area contributed by atoms with Gasteiger partial charge in [0, 0.05) is 17.1 Å². The summed E-state index contributed by atoms with van der Waals surface area (Å²) in [5.74, 6) is 0.898. The minimum absolute atomic E-state index is 0.226. The number of amides is 1. The Labute approximate surface area is 178 Å². The molecule has 2 heterocycles. The third-order valence-electron chi connectivity index (χ3n) is 4.65. The van der Waals surface area contributed by atoms with Crippen LogP contribution >= 0.6 is 11.6 Å². The molecule has 7 heteroatoms. The molecular weight excluding hydrogens is 402 g/mol. The van der Waals surface area contributed by atoms with Crippen molar-refractivity contribution >= 4 is 34.1 Å². The van der Waals surface area contributed by atoms with Crippen LogP contribution in [0.4, 0.5) is 5.69 Å². The van der Waals surface area contributed by atoms with E-state index >= 15 is 0 Å². The summed E-state index contributed by atoms with van der Waals surface area (Å²) in [6.07, 6.45) is 1.56. The number of methoxy groups -OCH3 is 2. The third-order valence-corrected chi connectivity index (χ3v) is 4.95. The van der Waals surface area contributed by atoms with Gasteiger partial charge in [0.1, 0.15) is 0 Å².